The standard InChI is InChI=1S/C16H16ClNO/c1-12-4-3-5-13(8-12)10-18(2)16-9-15(17)7-6-14(16)11-19/h3-9,11H,10H2,1-2H3. The van der Waals surface area contributed by atoms with Crippen LogP contribution in [0.15, 0.2) is 42.5 Å². The number of carbonyl (C=O) groups is 1. The van der Waals surface area contributed by atoms with Crippen LogP contribution in [0.1, 0.15) is 21.5 Å². The average Bonchev–Trinajstić information content (AvgIpc) is 2.38. The Morgan fingerprint density at radius 1 is 1.21 bits per heavy atom. The number of hydrogen-bond acceptors (Lipinski definition) is 2. The summed E-state index contributed by atoms with van der Waals surface area (Å²) >= 11 is 6.00. The average molecular weight is 274 g/mol. The molecule has 0 unspecified atom stereocenters. The van der Waals surface area contributed by atoms with Crippen LogP contribution >= 0.6 is 11.6 Å². The Labute approximate surface area is 118 Å². The molecule has 0 saturated heterocycles. The van der Waals surface area contributed by atoms with E-state index in [2.05, 4.69) is 25.1 Å². The Hall–Kier alpha value is -1.80. The molecule has 2 nitrogen and oxygen atoms in total. The summed E-state index contributed by atoms with van der Waals surface area (Å²) in [5.41, 5.74) is 3.94. The van der Waals surface area contributed by atoms with E-state index in [4.69, 9.17) is 11.6 Å². The molecule has 0 bridgehead atoms. The van der Waals surface area contributed by atoms with Gasteiger partial charge in [0.15, 0.2) is 6.29 Å². The van der Waals surface area contributed by atoms with Crippen LogP contribution in [0.3, 0.4) is 0 Å². The van der Waals surface area contributed by atoms with Crippen LogP contribution in [-0.4, -0.2) is 13.3 Å². The van der Waals surface area contributed by atoms with E-state index in [9.17, 15) is 4.79 Å². The number of aldehydes is 1. The molecular weight excluding hydrogens is 258 g/mol. The van der Waals surface area contributed by atoms with E-state index < -0.39 is 0 Å². The third-order valence-electron chi connectivity index (χ3n) is 3.03. The lowest BCUT2D eigenvalue weighted by Gasteiger charge is -2.21. The molecular formula is C16H16ClNO. The number of halogens is 1. The van der Waals surface area contributed by atoms with Crippen LogP contribution in [0.5, 0.6) is 0 Å². The molecule has 0 atom stereocenters. The van der Waals surface area contributed by atoms with Crippen molar-refractivity contribution in [1.29, 1.82) is 0 Å². The third kappa shape index (κ3) is 3.36. The first kappa shape index (κ1) is 13.6. The van der Waals surface area contributed by atoms with Crippen LogP contribution in [-0.2, 0) is 6.54 Å². The highest BCUT2D eigenvalue weighted by atomic mass is 35.5. The molecule has 2 aromatic carbocycles. The van der Waals surface area contributed by atoms with Crippen molar-refractivity contribution in [2.45, 2.75) is 13.5 Å². The number of benzene rings is 2. The van der Waals surface area contributed by atoms with E-state index in [1.165, 1.54) is 11.1 Å². The molecule has 2 rings (SSSR count). The molecule has 0 heterocycles. The van der Waals surface area contributed by atoms with Crippen molar-refractivity contribution in [2.24, 2.45) is 0 Å². The first-order valence-corrected chi connectivity index (χ1v) is 6.49. The molecule has 19 heavy (non-hydrogen) atoms. The van der Waals surface area contributed by atoms with Crippen molar-refractivity contribution >= 4 is 23.6 Å². The van der Waals surface area contributed by atoms with Gasteiger partial charge in [0, 0.05) is 29.9 Å². The Bertz CT molecular complexity index is 595. The van der Waals surface area contributed by atoms with Gasteiger partial charge in [-0.2, -0.15) is 0 Å². The van der Waals surface area contributed by atoms with Crippen molar-refractivity contribution in [1.82, 2.24) is 0 Å². The Morgan fingerprint density at radius 2 is 2.00 bits per heavy atom. The molecule has 0 radical (unpaired) electrons. The minimum atomic E-state index is 0.636. The summed E-state index contributed by atoms with van der Waals surface area (Å²) in [5.74, 6) is 0. The van der Waals surface area contributed by atoms with Crippen molar-refractivity contribution in [2.75, 3.05) is 11.9 Å². The monoisotopic (exact) mass is 273 g/mol. The zero-order valence-corrected chi connectivity index (χ0v) is 11.8. The molecule has 2 aromatic rings. The number of hydrogen-bond donors (Lipinski definition) is 0. The largest absolute Gasteiger partial charge is 0.370 e. The molecule has 0 aliphatic heterocycles. The van der Waals surface area contributed by atoms with Gasteiger partial charge in [-0.1, -0.05) is 41.4 Å². The summed E-state index contributed by atoms with van der Waals surface area (Å²) in [6, 6.07) is 13.6. The summed E-state index contributed by atoms with van der Waals surface area (Å²) in [4.78, 5) is 13.1. The molecule has 0 spiro atoms. The van der Waals surface area contributed by atoms with Gasteiger partial charge in [0.1, 0.15) is 0 Å². The fourth-order valence-corrected chi connectivity index (χ4v) is 2.28. The summed E-state index contributed by atoms with van der Waals surface area (Å²) in [6.07, 6.45) is 0.860. The van der Waals surface area contributed by atoms with E-state index in [1.807, 2.05) is 24.1 Å². The van der Waals surface area contributed by atoms with Crippen molar-refractivity contribution in [3.8, 4) is 0 Å². The maximum atomic E-state index is 11.1. The first-order valence-electron chi connectivity index (χ1n) is 6.11. The summed E-state index contributed by atoms with van der Waals surface area (Å²) in [5, 5.41) is 0.636. The van der Waals surface area contributed by atoms with E-state index in [0.29, 0.717) is 10.6 Å². The zero-order valence-electron chi connectivity index (χ0n) is 11.1. The van der Waals surface area contributed by atoms with E-state index in [0.717, 1.165) is 18.5 Å². The number of carbonyl (C=O) groups excluding carboxylic acids is 1. The second-order valence-corrected chi connectivity index (χ2v) is 5.10. The van der Waals surface area contributed by atoms with Gasteiger partial charge >= 0.3 is 0 Å². The normalized spacial score (nSPS) is 10.3. The minimum absolute atomic E-state index is 0.636. The number of anilines is 1. The molecule has 0 saturated carbocycles. The quantitative estimate of drug-likeness (QED) is 0.782. The summed E-state index contributed by atoms with van der Waals surface area (Å²) in [6.45, 7) is 2.81. The zero-order chi connectivity index (χ0) is 13.8. The SMILES string of the molecule is Cc1cccc(CN(C)c2cc(Cl)ccc2C=O)c1. The van der Waals surface area contributed by atoms with Crippen LogP contribution in [0.25, 0.3) is 0 Å². The van der Waals surface area contributed by atoms with Crippen LogP contribution in [0, 0.1) is 6.92 Å². The highest BCUT2D eigenvalue weighted by molar-refractivity contribution is 6.31. The Balaban J connectivity index is 2.26. The molecule has 0 fully saturated rings. The van der Waals surface area contributed by atoms with Crippen LogP contribution < -0.4 is 4.90 Å². The molecule has 0 aliphatic rings. The minimum Gasteiger partial charge on any atom is -0.370 e. The summed E-state index contributed by atoms with van der Waals surface area (Å²) in [7, 11) is 1.96. The fraction of sp³-hybridized carbons (Fsp3) is 0.188. The van der Waals surface area contributed by atoms with E-state index in [-0.39, 0.29) is 0 Å². The van der Waals surface area contributed by atoms with Crippen LogP contribution in [0.2, 0.25) is 5.02 Å². The fourth-order valence-electron chi connectivity index (χ4n) is 2.12. The predicted octanol–water partition coefficient (Wildman–Crippen LogP) is 4.10. The van der Waals surface area contributed by atoms with E-state index >= 15 is 0 Å². The first-order chi connectivity index (χ1) is 9.10. The molecule has 98 valence electrons. The predicted molar refractivity (Wildman–Crippen MR) is 80.1 cm³/mol. The van der Waals surface area contributed by atoms with E-state index in [1.54, 1.807) is 12.1 Å². The van der Waals surface area contributed by atoms with Gasteiger partial charge in [0.05, 0.1) is 0 Å². The smallest absolute Gasteiger partial charge is 0.152 e. The van der Waals surface area contributed by atoms with Crippen molar-refractivity contribution in [3.63, 3.8) is 0 Å². The van der Waals surface area contributed by atoms with Crippen molar-refractivity contribution < 1.29 is 4.79 Å². The summed E-state index contributed by atoms with van der Waals surface area (Å²) < 4.78 is 0. The molecule has 0 aromatic heterocycles. The second kappa shape index (κ2) is 5.89. The van der Waals surface area contributed by atoms with Gasteiger partial charge in [0.2, 0.25) is 0 Å². The molecule has 0 N–H and O–H groups in total. The maximum Gasteiger partial charge on any atom is 0.152 e. The van der Waals surface area contributed by atoms with Gasteiger partial charge in [-0.05, 0) is 30.7 Å². The lowest BCUT2D eigenvalue weighted by atomic mass is 10.1. The third-order valence-corrected chi connectivity index (χ3v) is 3.27. The van der Waals surface area contributed by atoms with Crippen LogP contribution in [0.4, 0.5) is 5.69 Å². The highest BCUT2D eigenvalue weighted by Crippen LogP contribution is 2.24. The van der Waals surface area contributed by atoms with Gasteiger partial charge < -0.3 is 4.90 Å². The molecule has 0 amide bonds. The Kier molecular flexibility index (Phi) is 4.23. The van der Waals surface area contributed by atoms with Gasteiger partial charge in [0.25, 0.3) is 0 Å². The maximum absolute atomic E-state index is 11.1. The Morgan fingerprint density at radius 3 is 2.68 bits per heavy atom. The van der Waals surface area contributed by atoms with Gasteiger partial charge in [-0.15, -0.1) is 0 Å². The van der Waals surface area contributed by atoms with Gasteiger partial charge in [-0.3, -0.25) is 4.79 Å². The number of rotatable bonds is 4. The van der Waals surface area contributed by atoms with Gasteiger partial charge in [-0.25, -0.2) is 0 Å². The highest BCUT2D eigenvalue weighted by Gasteiger charge is 2.08. The topological polar surface area (TPSA) is 20.3 Å². The number of nitrogens with zero attached hydrogens (tertiary/aromatic N) is 1. The lowest BCUT2D eigenvalue weighted by molar-refractivity contribution is 0.112. The molecule has 0 aliphatic carbocycles. The lowest BCUT2D eigenvalue weighted by Crippen LogP contribution is -2.18. The van der Waals surface area contributed by atoms with Crippen molar-refractivity contribution in [3.05, 3.63) is 64.2 Å². The molecule has 3 heteroatoms. The number of aryl methyl sites for hydroxylation is 1. The second-order valence-electron chi connectivity index (χ2n) is 4.67.